The van der Waals surface area contributed by atoms with E-state index in [9.17, 15) is 4.39 Å². The lowest BCUT2D eigenvalue weighted by Gasteiger charge is -2.37. The summed E-state index contributed by atoms with van der Waals surface area (Å²) in [7, 11) is 0. The fourth-order valence-electron chi connectivity index (χ4n) is 2.60. The minimum Gasteiger partial charge on any atom is -0.374 e. The van der Waals surface area contributed by atoms with Crippen molar-refractivity contribution in [1.82, 2.24) is 15.2 Å². The predicted octanol–water partition coefficient (Wildman–Crippen LogP) is 1.98. The Kier molecular flexibility index (Phi) is 5.88. The summed E-state index contributed by atoms with van der Waals surface area (Å²) >= 11 is 0. The lowest BCUT2D eigenvalue weighted by molar-refractivity contribution is -0.0461. The van der Waals surface area contributed by atoms with E-state index in [1.165, 1.54) is 6.20 Å². The average molecular weight is 281 g/mol. The van der Waals surface area contributed by atoms with Crippen molar-refractivity contribution < 1.29 is 9.13 Å². The second kappa shape index (κ2) is 7.67. The van der Waals surface area contributed by atoms with Gasteiger partial charge in [-0.05, 0) is 25.6 Å². The van der Waals surface area contributed by atoms with E-state index in [0.717, 1.165) is 32.6 Å². The molecule has 20 heavy (non-hydrogen) atoms. The van der Waals surface area contributed by atoms with Gasteiger partial charge >= 0.3 is 0 Å². The number of pyridine rings is 1. The summed E-state index contributed by atoms with van der Waals surface area (Å²) in [6, 6.07) is 1.63. The van der Waals surface area contributed by atoms with E-state index < -0.39 is 0 Å². The topological polar surface area (TPSA) is 37.4 Å². The zero-order valence-corrected chi connectivity index (χ0v) is 12.3. The van der Waals surface area contributed by atoms with Crippen molar-refractivity contribution in [2.75, 3.05) is 32.8 Å². The van der Waals surface area contributed by atoms with Gasteiger partial charge in [-0.25, -0.2) is 4.39 Å². The van der Waals surface area contributed by atoms with Crippen molar-refractivity contribution in [3.05, 3.63) is 29.8 Å². The molecule has 0 aromatic carbocycles. The van der Waals surface area contributed by atoms with Crippen LogP contribution in [0.2, 0.25) is 0 Å². The van der Waals surface area contributed by atoms with Crippen LogP contribution >= 0.6 is 0 Å². The van der Waals surface area contributed by atoms with E-state index in [0.29, 0.717) is 12.2 Å². The van der Waals surface area contributed by atoms with Gasteiger partial charge in [0.05, 0.1) is 24.9 Å². The average Bonchev–Trinajstić information content (AvgIpc) is 2.49. The van der Waals surface area contributed by atoms with Crippen molar-refractivity contribution in [2.24, 2.45) is 0 Å². The van der Waals surface area contributed by atoms with Gasteiger partial charge in [0.25, 0.3) is 0 Å². The van der Waals surface area contributed by atoms with Crippen molar-refractivity contribution in [3.8, 4) is 0 Å². The van der Waals surface area contributed by atoms with Crippen molar-refractivity contribution in [3.63, 3.8) is 0 Å². The van der Waals surface area contributed by atoms with Crippen LogP contribution in [0.15, 0.2) is 18.5 Å². The minimum atomic E-state index is -0.265. The van der Waals surface area contributed by atoms with E-state index >= 15 is 0 Å². The molecule has 0 saturated carbocycles. The van der Waals surface area contributed by atoms with Crippen molar-refractivity contribution >= 4 is 0 Å². The molecule has 1 fully saturated rings. The molecule has 2 heterocycles. The summed E-state index contributed by atoms with van der Waals surface area (Å²) in [6.45, 7) is 8.58. The molecule has 0 aliphatic carbocycles. The van der Waals surface area contributed by atoms with Crippen LogP contribution in [-0.4, -0.2) is 48.8 Å². The maximum absolute atomic E-state index is 14.0. The van der Waals surface area contributed by atoms with Crippen LogP contribution < -0.4 is 5.32 Å². The van der Waals surface area contributed by atoms with Gasteiger partial charge in [-0.1, -0.05) is 13.8 Å². The SMILES string of the molecule is CCCNC(c1ccncc1F)C1CN(CC)CCO1. The van der Waals surface area contributed by atoms with Crippen LogP contribution in [0.25, 0.3) is 0 Å². The summed E-state index contributed by atoms with van der Waals surface area (Å²) in [5, 5.41) is 3.42. The molecular formula is C15H24FN3O. The van der Waals surface area contributed by atoms with Crippen molar-refractivity contribution in [2.45, 2.75) is 32.4 Å². The number of nitrogens with zero attached hydrogens (tertiary/aromatic N) is 2. The molecule has 0 radical (unpaired) electrons. The Hall–Kier alpha value is -1.04. The van der Waals surface area contributed by atoms with Gasteiger partial charge in [0.2, 0.25) is 0 Å². The molecule has 1 aromatic heterocycles. The minimum absolute atomic E-state index is 0.0212. The van der Waals surface area contributed by atoms with Crippen LogP contribution in [0.3, 0.4) is 0 Å². The van der Waals surface area contributed by atoms with E-state index in [2.05, 4.69) is 29.0 Å². The first-order chi connectivity index (χ1) is 9.76. The molecule has 2 unspecified atom stereocenters. The second-order valence-electron chi connectivity index (χ2n) is 5.13. The predicted molar refractivity (Wildman–Crippen MR) is 77.1 cm³/mol. The molecule has 1 aliphatic rings. The van der Waals surface area contributed by atoms with Gasteiger partial charge in [-0.2, -0.15) is 0 Å². The molecule has 2 atom stereocenters. The molecule has 1 N–H and O–H groups in total. The Labute approximate surface area is 120 Å². The van der Waals surface area contributed by atoms with Gasteiger partial charge in [0.1, 0.15) is 5.82 Å². The van der Waals surface area contributed by atoms with E-state index in [1.807, 2.05) is 0 Å². The fraction of sp³-hybridized carbons (Fsp3) is 0.667. The number of likely N-dealkylation sites (N-methyl/N-ethyl adjacent to an activating group) is 1. The molecule has 0 bridgehead atoms. The molecule has 0 amide bonds. The van der Waals surface area contributed by atoms with Crippen LogP contribution in [-0.2, 0) is 4.74 Å². The Balaban J connectivity index is 2.16. The molecule has 1 aliphatic heterocycles. The third kappa shape index (κ3) is 3.75. The lowest BCUT2D eigenvalue weighted by Crippen LogP contribution is -2.48. The summed E-state index contributed by atoms with van der Waals surface area (Å²) in [5.41, 5.74) is 0.649. The number of halogens is 1. The number of morpholine rings is 1. The first-order valence-electron chi connectivity index (χ1n) is 7.43. The Morgan fingerprint density at radius 3 is 3.10 bits per heavy atom. The zero-order chi connectivity index (χ0) is 14.4. The molecule has 0 spiro atoms. The Morgan fingerprint density at radius 1 is 1.55 bits per heavy atom. The summed E-state index contributed by atoms with van der Waals surface area (Å²) < 4.78 is 19.9. The molecule has 1 aromatic rings. The highest BCUT2D eigenvalue weighted by atomic mass is 19.1. The van der Waals surface area contributed by atoms with Crippen LogP contribution in [0.5, 0.6) is 0 Å². The molecule has 112 valence electrons. The van der Waals surface area contributed by atoms with Gasteiger partial charge in [-0.3, -0.25) is 9.88 Å². The summed E-state index contributed by atoms with van der Waals surface area (Å²) in [6.07, 6.45) is 3.90. The standard InChI is InChI=1S/C15H24FN3O/c1-3-6-18-15(12-5-7-17-10-13(12)16)14-11-19(4-2)8-9-20-14/h5,7,10,14-15,18H,3-4,6,8-9,11H2,1-2H3. The molecule has 2 rings (SSSR count). The van der Waals surface area contributed by atoms with Gasteiger partial charge in [0.15, 0.2) is 0 Å². The van der Waals surface area contributed by atoms with Gasteiger partial charge < -0.3 is 10.1 Å². The number of nitrogens with one attached hydrogen (secondary N) is 1. The largest absolute Gasteiger partial charge is 0.374 e. The molecule has 5 heteroatoms. The number of aromatic nitrogens is 1. The van der Waals surface area contributed by atoms with Gasteiger partial charge in [-0.15, -0.1) is 0 Å². The summed E-state index contributed by atoms with van der Waals surface area (Å²) in [5.74, 6) is -0.265. The third-order valence-electron chi connectivity index (χ3n) is 3.75. The maximum Gasteiger partial charge on any atom is 0.146 e. The Bertz CT molecular complexity index is 416. The zero-order valence-electron chi connectivity index (χ0n) is 12.3. The second-order valence-corrected chi connectivity index (χ2v) is 5.13. The number of hydrogen-bond acceptors (Lipinski definition) is 4. The highest BCUT2D eigenvalue weighted by Gasteiger charge is 2.30. The monoisotopic (exact) mass is 281 g/mol. The maximum atomic E-state index is 14.0. The first-order valence-corrected chi connectivity index (χ1v) is 7.43. The quantitative estimate of drug-likeness (QED) is 0.865. The highest BCUT2D eigenvalue weighted by Crippen LogP contribution is 2.24. The number of ether oxygens (including phenoxy) is 1. The van der Waals surface area contributed by atoms with Crippen molar-refractivity contribution in [1.29, 1.82) is 0 Å². The number of hydrogen-bond donors (Lipinski definition) is 1. The van der Waals surface area contributed by atoms with Crippen LogP contribution in [0.1, 0.15) is 31.9 Å². The Morgan fingerprint density at radius 2 is 2.40 bits per heavy atom. The van der Waals surface area contributed by atoms with Crippen LogP contribution in [0, 0.1) is 5.82 Å². The van der Waals surface area contributed by atoms with E-state index in [4.69, 9.17) is 4.74 Å². The third-order valence-corrected chi connectivity index (χ3v) is 3.75. The lowest BCUT2D eigenvalue weighted by atomic mass is 10.00. The van der Waals surface area contributed by atoms with E-state index in [-0.39, 0.29) is 18.0 Å². The van der Waals surface area contributed by atoms with Gasteiger partial charge in [0, 0.05) is 24.8 Å². The molecular weight excluding hydrogens is 257 g/mol. The highest BCUT2D eigenvalue weighted by molar-refractivity contribution is 5.19. The molecule has 4 nitrogen and oxygen atoms in total. The van der Waals surface area contributed by atoms with E-state index in [1.54, 1.807) is 12.3 Å². The summed E-state index contributed by atoms with van der Waals surface area (Å²) in [4.78, 5) is 6.17. The number of rotatable bonds is 6. The molecule has 1 saturated heterocycles. The smallest absolute Gasteiger partial charge is 0.146 e. The van der Waals surface area contributed by atoms with Crippen LogP contribution in [0.4, 0.5) is 4.39 Å². The normalized spacial score (nSPS) is 21.9. The first kappa shape index (κ1) is 15.4. The fourth-order valence-corrected chi connectivity index (χ4v) is 2.60.